The van der Waals surface area contributed by atoms with E-state index in [1.807, 2.05) is 18.3 Å². The Hall–Kier alpha value is -2.34. The van der Waals surface area contributed by atoms with Crippen molar-refractivity contribution in [3.05, 3.63) is 64.8 Å². The number of aliphatic hydroxyl groups is 1. The number of methoxy groups -OCH3 is 2. The summed E-state index contributed by atoms with van der Waals surface area (Å²) in [5.74, 6) is 0.942. The lowest BCUT2D eigenvalue weighted by Crippen LogP contribution is -2.39. The third-order valence-electron chi connectivity index (χ3n) is 6.24. The van der Waals surface area contributed by atoms with Crippen LogP contribution in [-0.2, 0) is 17.9 Å². The zero-order valence-corrected chi connectivity index (χ0v) is 17.4. The number of hydrogen-bond donors (Lipinski definition) is 2. The molecule has 2 aromatic carbocycles. The third-order valence-corrected chi connectivity index (χ3v) is 6.24. The number of rotatable bonds is 6. The quantitative estimate of drug-likeness (QED) is 0.653. The summed E-state index contributed by atoms with van der Waals surface area (Å²) in [7, 11) is 3.55. The highest BCUT2D eigenvalue weighted by molar-refractivity contribution is 5.88. The number of nitrogens with one attached hydrogen (secondary N) is 1. The van der Waals surface area contributed by atoms with Crippen LogP contribution in [0.15, 0.2) is 42.6 Å². The van der Waals surface area contributed by atoms with Crippen LogP contribution in [0.1, 0.15) is 41.1 Å². The molecule has 5 heteroatoms. The van der Waals surface area contributed by atoms with Crippen molar-refractivity contribution in [1.29, 1.82) is 0 Å². The van der Waals surface area contributed by atoms with Crippen LogP contribution in [0, 0.1) is 6.92 Å². The van der Waals surface area contributed by atoms with Crippen molar-refractivity contribution in [2.24, 2.45) is 0 Å². The lowest BCUT2D eigenvalue weighted by Gasteiger charge is -2.39. The summed E-state index contributed by atoms with van der Waals surface area (Å²) >= 11 is 0. The van der Waals surface area contributed by atoms with Gasteiger partial charge < -0.3 is 19.6 Å². The highest BCUT2D eigenvalue weighted by atomic mass is 16.5. The number of aliphatic hydroxyl groups excluding tert-OH is 1. The molecule has 2 N–H and O–H groups in total. The van der Waals surface area contributed by atoms with Gasteiger partial charge in [0.05, 0.1) is 19.8 Å². The minimum atomic E-state index is 0.0708. The smallest absolute Gasteiger partial charge is 0.124 e. The first kappa shape index (κ1) is 20.0. The van der Waals surface area contributed by atoms with Gasteiger partial charge in [0, 0.05) is 48.9 Å². The molecule has 3 aromatic rings. The Morgan fingerprint density at radius 1 is 1.17 bits per heavy atom. The molecule has 0 unspecified atom stereocenters. The first-order chi connectivity index (χ1) is 14.1. The zero-order valence-electron chi connectivity index (χ0n) is 17.4. The second kappa shape index (κ2) is 8.57. The Morgan fingerprint density at radius 3 is 2.66 bits per heavy atom. The standard InChI is InChI=1S/C24H30N2O3/c1-16-12-23(29-3)21(20-8-10-25-24(16)20)14-26-11-9-19(28-2)13-22(26)18-6-4-17(15-27)5-7-18/h4-8,10,12,19,22,25,27H,9,11,13-15H2,1-3H3/t19-,22-/m0/s1. The molecule has 4 rings (SSSR count). The maximum absolute atomic E-state index is 9.38. The largest absolute Gasteiger partial charge is 0.496 e. The molecule has 0 saturated carbocycles. The van der Waals surface area contributed by atoms with E-state index in [4.69, 9.17) is 9.47 Å². The molecule has 0 aliphatic carbocycles. The fourth-order valence-electron chi connectivity index (χ4n) is 4.56. The van der Waals surface area contributed by atoms with Crippen LogP contribution in [-0.4, -0.2) is 41.9 Å². The minimum absolute atomic E-state index is 0.0708. The van der Waals surface area contributed by atoms with Crippen LogP contribution < -0.4 is 4.74 Å². The molecule has 1 saturated heterocycles. The van der Waals surface area contributed by atoms with Crippen LogP contribution in [0.25, 0.3) is 10.9 Å². The second-order valence-electron chi connectivity index (χ2n) is 7.91. The summed E-state index contributed by atoms with van der Waals surface area (Å²) in [6.07, 6.45) is 4.25. The van der Waals surface area contributed by atoms with Gasteiger partial charge in [0.15, 0.2) is 0 Å². The second-order valence-corrected chi connectivity index (χ2v) is 7.91. The van der Waals surface area contributed by atoms with Crippen molar-refractivity contribution in [3.8, 4) is 5.75 Å². The molecule has 1 aliphatic heterocycles. The summed E-state index contributed by atoms with van der Waals surface area (Å²) in [6, 6.07) is 12.8. The number of aryl methyl sites for hydroxylation is 1. The third kappa shape index (κ3) is 3.90. The number of fused-ring (bicyclic) bond motifs is 1. The van der Waals surface area contributed by atoms with Gasteiger partial charge in [0.1, 0.15) is 5.75 Å². The molecule has 0 bridgehead atoms. The number of nitrogens with zero attached hydrogens (tertiary/aromatic N) is 1. The highest BCUT2D eigenvalue weighted by Gasteiger charge is 2.30. The van der Waals surface area contributed by atoms with Gasteiger partial charge in [-0.2, -0.15) is 0 Å². The summed E-state index contributed by atoms with van der Waals surface area (Å²) < 4.78 is 11.5. The molecule has 0 radical (unpaired) electrons. The summed E-state index contributed by atoms with van der Waals surface area (Å²) in [4.78, 5) is 5.90. The van der Waals surface area contributed by atoms with E-state index in [0.717, 1.165) is 37.2 Å². The van der Waals surface area contributed by atoms with E-state index in [2.05, 4.69) is 41.1 Å². The van der Waals surface area contributed by atoms with Gasteiger partial charge in [-0.05, 0) is 48.6 Å². The first-order valence-corrected chi connectivity index (χ1v) is 10.2. The molecule has 1 fully saturated rings. The van der Waals surface area contributed by atoms with Gasteiger partial charge in [-0.15, -0.1) is 0 Å². The van der Waals surface area contributed by atoms with E-state index in [1.54, 1.807) is 14.2 Å². The topological polar surface area (TPSA) is 57.7 Å². The molecule has 1 aromatic heterocycles. The maximum Gasteiger partial charge on any atom is 0.124 e. The number of piperidine rings is 1. The van der Waals surface area contributed by atoms with Crippen molar-refractivity contribution in [2.75, 3.05) is 20.8 Å². The van der Waals surface area contributed by atoms with E-state index in [-0.39, 0.29) is 18.8 Å². The molecule has 5 nitrogen and oxygen atoms in total. The van der Waals surface area contributed by atoms with Crippen LogP contribution in [0.3, 0.4) is 0 Å². The number of likely N-dealkylation sites (tertiary alicyclic amines) is 1. The molecule has 29 heavy (non-hydrogen) atoms. The fourth-order valence-corrected chi connectivity index (χ4v) is 4.56. The lowest BCUT2D eigenvalue weighted by atomic mass is 9.91. The molecule has 154 valence electrons. The average Bonchev–Trinajstić information content (AvgIpc) is 3.26. The van der Waals surface area contributed by atoms with Crippen molar-refractivity contribution in [1.82, 2.24) is 9.88 Å². The van der Waals surface area contributed by atoms with Crippen molar-refractivity contribution < 1.29 is 14.6 Å². The Kier molecular flexibility index (Phi) is 5.90. The molecule has 1 aliphatic rings. The first-order valence-electron chi connectivity index (χ1n) is 10.2. The molecular formula is C24H30N2O3. The zero-order chi connectivity index (χ0) is 20.4. The molecule has 0 amide bonds. The SMILES string of the molecule is COc1cc(C)c2[nH]ccc2c1CN1CC[C@H](OC)C[C@H]1c1ccc(CO)cc1. The average molecular weight is 395 g/mol. The maximum atomic E-state index is 9.38. The van der Waals surface area contributed by atoms with Crippen molar-refractivity contribution in [2.45, 2.75) is 45.1 Å². The van der Waals surface area contributed by atoms with Gasteiger partial charge in [-0.1, -0.05) is 24.3 Å². The summed E-state index contributed by atoms with van der Waals surface area (Å²) in [5.41, 5.74) is 5.80. The number of aromatic nitrogens is 1. The fraction of sp³-hybridized carbons (Fsp3) is 0.417. The number of benzene rings is 2. The van der Waals surface area contributed by atoms with E-state index in [9.17, 15) is 5.11 Å². The van der Waals surface area contributed by atoms with E-state index in [0.29, 0.717) is 0 Å². The number of ether oxygens (including phenoxy) is 2. The number of aromatic amines is 1. The molecule has 0 spiro atoms. The monoisotopic (exact) mass is 394 g/mol. The summed E-state index contributed by atoms with van der Waals surface area (Å²) in [5, 5.41) is 10.6. The Labute approximate surface area is 172 Å². The van der Waals surface area contributed by atoms with Crippen molar-refractivity contribution >= 4 is 10.9 Å². The Morgan fingerprint density at radius 2 is 1.97 bits per heavy atom. The van der Waals surface area contributed by atoms with Gasteiger partial charge in [-0.3, -0.25) is 4.90 Å². The van der Waals surface area contributed by atoms with Gasteiger partial charge in [-0.25, -0.2) is 0 Å². The normalized spacial score (nSPS) is 20.3. The Bertz CT molecular complexity index is 964. The molecule has 2 atom stereocenters. The van der Waals surface area contributed by atoms with Crippen LogP contribution in [0.5, 0.6) is 5.75 Å². The predicted octanol–water partition coefficient (Wildman–Crippen LogP) is 4.33. The van der Waals surface area contributed by atoms with Gasteiger partial charge in [0.2, 0.25) is 0 Å². The number of hydrogen-bond acceptors (Lipinski definition) is 4. The van der Waals surface area contributed by atoms with Gasteiger partial charge >= 0.3 is 0 Å². The van der Waals surface area contributed by atoms with Crippen LogP contribution in [0.2, 0.25) is 0 Å². The van der Waals surface area contributed by atoms with Crippen LogP contribution in [0.4, 0.5) is 0 Å². The highest BCUT2D eigenvalue weighted by Crippen LogP contribution is 2.37. The van der Waals surface area contributed by atoms with Crippen LogP contribution >= 0.6 is 0 Å². The molecular weight excluding hydrogens is 364 g/mol. The lowest BCUT2D eigenvalue weighted by molar-refractivity contribution is 0.00675. The minimum Gasteiger partial charge on any atom is -0.496 e. The van der Waals surface area contributed by atoms with E-state index in [1.165, 1.54) is 27.6 Å². The van der Waals surface area contributed by atoms with E-state index < -0.39 is 0 Å². The predicted molar refractivity (Wildman–Crippen MR) is 115 cm³/mol. The van der Waals surface area contributed by atoms with E-state index >= 15 is 0 Å². The van der Waals surface area contributed by atoms with Gasteiger partial charge in [0.25, 0.3) is 0 Å². The summed E-state index contributed by atoms with van der Waals surface area (Å²) in [6.45, 7) is 3.97. The number of H-pyrrole nitrogens is 1. The molecule has 2 heterocycles. The van der Waals surface area contributed by atoms with Crippen molar-refractivity contribution in [3.63, 3.8) is 0 Å². The Balaban J connectivity index is 1.69.